The fourth-order valence-electron chi connectivity index (χ4n) is 2.05. The van der Waals surface area contributed by atoms with Crippen LogP contribution in [-0.4, -0.2) is 9.57 Å². The van der Waals surface area contributed by atoms with E-state index in [0.29, 0.717) is 0 Å². The molecule has 0 radical (unpaired) electrons. The van der Waals surface area contributed by atoms with E-state index in [-0.39, 0.29) is 5.91 Å². The topological polar surface area (TPSA) is 32.7 Å². The Bertz CT molecular complexity index is 755. The van der Waals surface area contributed by atoms with E-state index >= 15 is 0 Å². The Labute approximate surface area is 142 Å². The molecule has 1 atom stereocenters. The van der Waals surface area contributed by atoms with E-state index in [2.05, 4.69) is 4.36 Å². The van der Waals surface area contributed by atoms with E-state index in [1.807, 2.05) is 62.4 Å². The molecule has 2 aromatic carbocycles. The molecule has 6 heteroatoms. The van der Waals surface area contributed by atoms with Gasteiger partial charge in [0, 0.05) is 0 Å². The minimum Gasteiger partial charge on any atom is -0.269 e. The first-order valence-corrected chi connectivity index (χ1v) is 8.61. The highest BCUT2D eigenvalue weighted by molar-refractivity contribution is 7.98. The number of nitrogens with zero attached hydrogens (tertiary/aromatic N) is 2. The van der Waals surface area contributed by atoms with Gasteiger partial charge in [-0.1, -0.05) is 58.6 Å². The number of amides is 1. The van der Waals surface area contributed by atoms with Crippen molar-refractivity contribution in [1.29, 1.82) is 0 Å². The summed E-state index contributed by atoms with van der Waals surface area (Å²) in [4.78, 5) is 12.2. The molecule has 1 unspecified atom stereocenters. The van der Waals surface area contributed by atoms with Gasteiger partial charge in [-0.3, -0.25) is 4.79 Å². The molecule has 0 saturated carbocycles. The van der Waals surface area contributed by atoms with Gasteiger partial charge in [0.2, 0.25) is 0 Å². The average molecular weight is 353 g/mol. The highest BCUT2D eigenvalue weighted by Crippen LogP contribution is 2.45. The maximum atomic E-state index is 12.2. The molecule has 0 bridgehead atoms. The summed E-state index contributed by atoms with van der Waals surface area (Å²) in [6, 6.07) is 15.3. The second-order valence-electron chi connectivity index (χ2n) is 5.14. The number of hydrogen-bond acceptors (Lipinski definition) is 2. The van der Waals surface area contributed by atoms with E-state index in [0.717, 1.165) is 22.5 Å². The van der Waals surface area contributed by atoms with Crippen molar-refractivity contribution in [3.05, 3.63) is 59.7 Å². The highest BCUT2D eigenvalue weighted by atomic mass is 35.5. The summed E-state index contributed by atoms with van der Waals surface area (Å²) in [5, 5.41) is 0. The summed E-state index contributed by atoms with van der Waals surface area (Å²) >= 11 is 12.3. The second-order valence-corrected chi connectivity index (χ2v) is 8.61. The van der Waals surface area contributed by atoms with Crippen LogP contribution in [0.25, 0.3) is 0 Å². The third-order valence-electron chi connectivity index (χ3n) is 3.33. The molecule has 2 aromatic rings. The van der Waals surface area contributed by atoms with Crippen LogP contribution in [0.1, 0.15) is 11.1 Å². The smallest absolute Gasteiger partial charge is 0.269 e. The fraction of sp³-hybridized carbons (Fsp3) is 0.188. The van der Waals surface area contributed by atoms with E-state index in [1.54, 1.807) is 4.31 Å². The monoisotopic (exact) mass is 352 g/mol. The maximum Gasteiger partial charge on any atom is 0.287 e. The fourth-order valence-corrected chi connectivity index (χ4v) is 4.42. The Morgan fingerprint density at radius 1 is 0.955 bits per heavy atom. The van der Waals surface area contributed by atoms with Crippen LogP contribution in [-0.2, 0) is 15.7 Å². The quantitative estimate of drug-likeness (QED) is 0.712. The lowest BCUT2D eigenvalue weighted by Crippen LogP contribution is -2.60. The van der Waals surface area contributed by atoms with Crippen LogP contribution in [0.4, 0.5) is 11.4 Å². The lowest BCUT2D eigenvalue weighted by atomic mass is 10.2. The molecule has 3 nitrogen and oxygen atoms in total. The minimum absolute atomic E-state index is 0.334. The van der Waals surface area contributed by atoms with Gasteiger partial charge in [-0.25, -0.2) is 8.67 Å². The Hall–Kier alpha value is -1.36. The first-order chi connectivity index (χ1) is 10.4. The van der Waals surface area contributed by atoms with Crippen molar-refractivity contribution in [1.82, 2.24) is 0 Å². The van der Waals surface area contributed by atoms with Gasteiger partial charge in [0.15, 0.2) is 0 Å². The van der Waals surface area contributed by atoms with Crippen molar-refractivity contribution < 1.29 is 4.79 Å². The third kappa shape index (κ3) is 2.67. The molecule has 1 aliphatic heterocycles. The number of hydrogen-bond donors (Lipinski definition) is 0. The van der Waals surface area contributed by atoms with E-state index in [9.17, 15) is 4.79 Å². The Kier molecular flexibility index (Phi) is 4.02. The van der Waals surface area contributed by atoms with Crippen LogP contribution >= 0.6 is 23.2 Å². The molecule has 1 fully saturated rings. The van der Waals surface area contributed by atoms with Crippen LogP contribution in [0, 0.1) is 13.8 Å². The number of halogens is 2. The highest BCUT2D eigenvalue weighted by Gasteiger charge is 2.57. The number of aryl methyl sites for hydroxylation is 2. The average Bonchev–Trinajstić information content (AvgIpc) is 2.50. The lowest BCUT2D eigenvalue weighted by molar-refractivity contribution is -0.117. The lowest BCUT2D eigenvalue weighted by Gasteiger charge is -2.42. The summed E-state index contributed by atoms with van der Waals surface area (Å²) in [5.74, 6) is -0.334. The van der Waals surface area contributed by atoms with E-state index < -0.39 is 14.5 Å². The second kappa shape index (κ2) is 5.69. The van der Waals surface area contributed by atoms with Crippen molar-refractivity contribution in [2.75, 3.05) is 4.31 Å². The van der Waals surface area contributed by atoms with Gasteiger partial charge in [-0.05, 0) is 38.1 Å². The van der Waals surface area contributed by atoms with Gasteiger partial charge in [-0.2, -0.15) is 0 Å². The first kappa shape index (κ1) is 15.5. The zero-order valence-corrected chi connectivity index (χ0v) is 14.4. The molecule has 0 aromatic heterocycles. The Balaban J connectivity index is 2.00. The summed E-state index contributed by atoms with van der Waals surface area (Å²) in [5.41, 5.74) is 3.77. The Morgan fingerprint density at radius 2 is 1.45 bits per heavy atom. The summed E-state index contributed by atoms with van der Waals surface area (Å²) < 4.78 is 4.62. The summed E-state index contributed by atoms with van der Waals surface area (Å²) in [6.45, 7) is 4.00. The maximum absolute atomic E-state index is 12.2. The molecule has 22 heavy (non-hydrogen) atoms. The van der Waals surface area contributed by atoms with Crippen molar-refractivity contribution in [3.8, 4) is 0 Å². The van der Waals surface area contributed by atoms with E-state index in [4.69, 9.17) is 23.2 Å². The largest absolute Gasteiger partial charge is 0.287 e. The summed E-state index contributed by atoms with van der Waals surface area (Å²) in [7, 11) is -0.950. The molecule has 0 N–H and O–H groups in total. The molecule has 1 aliphatic rings. The molecule has 1 amide bonds. The van der Waals surface area contributed by atoms with Crippen LogP contribution in [0.5, 0.6) is 0 Å². The van der Waals surface area contributed by atoms with Crippen LogP contribution < -0.4 is 4.31 Å². The minimum atomic E-state index is -1.49. The Morgan fingerprint density at radius 3 is 2.00 bits per heavy atom. The zero-order chi connectivity index (χ0) is 15.9. The van der Waals surface area contributed by atoms with Crippen LogP contribution in [0.3, 0.4) is 0 Å². The molecular weight excluding hydrogens is 339 g/mol. The van der Waals surface area contributed by atoms with Gasteiger partial charge in [-0.15, -0.1) is 0 Å². The molecule has 1 saturated heterocycles. The van der Waals surface area contributed by atoms with Gasteiger partial charge in [0.05, 0.1) is 22.3 Å². The predicted octanol–water partition coefficient (Wildman–Crippen LogP) is 4.83. The van der Waals surface area contributed by atoms with Crippen molar-refractivity contribution in [3.63, 3.8) is 0 Å². The molecule has 0 aliphatic carbocycles. The van der Waals surface area contributed by atoms with Gasteiger partial charge in [0.25, 0.3) is 9.57 Å². The third-order valence-corrected chi connectivity index (χ3v) is 6.22. The standard InChI is InChI=1S/C16H14Cl2N2OS/c1-11-3-7-13(8-4-11)19-22-16(17,18)15(21)20(22)14-9-5-12(2)6-10-14/h3-10H,1-2H3. The van der Waals surface area contributed by atoms with E-state index in [1.165, 1.54) is 0 Å². The normalized spacial score (nSPS) is 20.1. The van der Waals surface area contributed by atoms with Crippen LogP contribution in [0.2, 0.25) is 0 Å². The number of anilines is 1. The molecule has 114 valence electrons. The summed E-state index contributed by atoms with van der Waals surface area (Å²) in [6.07, 6.45) is 0. The number of carbonyl (C=O) groups excluding carboxylic acids is 1. The molecule has 0 spiro atoms. The van der Waals surface area contributed by atoms with Gasteiger partial charge < -0.3 is 0 Å². The van der Waals surface area contributed by atoms with Crippen molar-refractivity contribution >= 4 is 51.4 Å². The van der Waals surface area contributed by atoms with Gasteiger partial charge >= 0.3 is 0 Å². The van der Waals surface area contributed by atoms with Gasteiger partial charge in [0.1, 0.15) is 0 Å². The zero-order valence-electron chi connectivity index (χ0n) is 12.1. The first-order valence-electron chi connectivity index (χ1n) is 6.71. The number of alkyl halides is 2. The molecular formula is C16H14Cl2N2OS. The number of carbonyl (C=O) groups is 1. The predicted molar refractivity (Wildman–Crippen MR) is 93.7 cm³/mol. The SMILES string of the molecule is Cc1ccc(N=S2N(c3ccc(C)cc3)C(=O)C2(Cl)Cl)cc1. The number of rotatable bonds is 2. The van der Waals surface area contributed by atoms with Crippen molar-refractivity contribution in [2.45, 2.75) is 17.5 Å². The van der Waals surface area contributed by atoms with Crippen molar-refractivity contribution in [2.24, 2.45) is 4.36 Å². The molecule has 1 heterocycles. The molecule has 3 rings (SSSR count). The number of benzene rings is 2. The van der Waals surface area contributed by atoms with Crippen LogP contribution in [0.15, 0.2) is 52.9 Å².